The summed E-state index contributed by atoms with van der Waals surface area (Å²) in [7, 11) is -1.82. The maximum atomic E-state index is 13.2. The molecule has 116 valence electrons. The van der Waals surface area contributed by atoms with Crippen LogP contribution in [-0.2, 0) is 11.3 Å². The van der Waals surface area contributed by atoms with Crippen LogP contribution in [0.1, 0.15) is 5.56 Å². The molecule has 1 amide bonds. The zero-order valence-corrected chi connectivity index (χ0v) is 12.2. The van der Waals surface area contributed by atoms with Gasteiger partial charge in [0.25, 0.3) is 0 Å². The summed E-state index contributed by atoms with van der Waals surface area (Å²) in [5.41, 5.74) is 0.727. The number of carbonyl (C=O) groups is 1. The van der Waals surface area contributed by atoms with Gasteiger partial charge in [-0.15, -0.1) is 12.4 Å². The molecule has 0 aromatic heterocycles. The summed E-state index contributed by atoms with van der Waals surface area (Å²) < 4.78 is 18.1. The van der Waals surface area contributed by atoms with Crippen LogP contribution in [0.3, 0.4) is 0 Å². The van der Waals surface area contributed by atoms with Crippen molar-refractivity contribution in [3.8, 4) is 0 Å². The summed E-state index contributed by atoms with van der Waals surface area (Å²) in [4.78, 5) is 11.7. The van der Waals surface area contributed by atoms with E-state index in [-0.39, 0.29) is 30.2 Å². The molecule has 0 aliphatic rings. The molecule has 0 aliphatic heterocycles. The van der Waals surface area contributed by atoms with Gasteiger partial charge in [-0.1, -0.05) is 36.4 Å². The molecule has 0 heterocycles. The smallest absolute Gasteiger partial charge is 0.444 e. The van der Waals surface area contributed by atoms with Gasteiger partial charge in [0.2, 0.25) is 0 Å². The molecule has 2 aromatic carbocycles. The number of anilines is 1. The lowest BCUT2D eigenvalue weighted by molar-refractivity contribution is 0.155. The van der Waals surface area contributed by atoms with Gasteiger partial charge >= 0.3 is 13.2 Å². The van der Waals surface area contributed by atoms with E-state index in [1.807, 2.05) is 18.2 Å². The number of nitrogens with one attached hydrogen (secondary N) is 1. The second-order valence-corrected chi connectivity index (χ2v) is 4.29. The molecule has 0 aliphatic carbocycles. The highest BCUT2D eigenvalue weighted by molar-refractivity contribution is 6.60. The molecule has 0 spiro atoms. The van der Waals surface area contributed by atoms with E-state index in [9.17, 15) is 9.18 Å². The number of ether oxygens (including phenoxy) is 1. The van der Waals surface area contributed by atoms with Crippen LogP contribution in [0.15, 0.2) is 48.5 Å². The summed E-state index contributed by atoms with van der Waals surface area (Å²) in [6.45, 7) is 0.0546. The molecule has 5 nitrogen and oxygen atoms in total. The van der Waals surface area contributed by atoms with Gasteiger partial charge in [-0.3, -0.25) is 5.32 Å². The highest BCUT2D eigenvalue weighted by Gasteiger charge is 2.18. The Morgan fingerprint density at radius 1 is 1.18 bits per heavy atom. The molecule has 0 saturated heterocycles. The highest BCUT2D eigenvalue weighted by atomic mass is 35.5. The normalized spacial score (nSPS) is 9.59. The average molecular weight is 326 g/mol. The minimum atomic E-state index is -1.82. The molecule has 0 atom stereocenters. The Labute approximate surface area is 133 Å². The second kappa shape index (κ2) is 8.38. The van der Waals surface area contributed by atoms with Gasteiger partial charge in [0.05, 0.1) is 0 Å². The van der Waals surface area contributed by atoms with Crippen LogP contribution in [0, 0.1) is 5.82 Å². The van der Waals surface area contributed by atoms with Crippen molar-refractivity contribution in [1.82, 2.24) is 0 Å². The predicted molar refractivity (Wildman–Crippen MR) is 83.7 cm³/mol. The van der Waals surface area contributed by atoms with E-state index >= 15 is 0 Å². The van der Waals surface area contributed by atoms with Gasteiger partial charge in [0.15, 0.2) is 0 Å². The Bertz CT molecular complexity index is 627. The first-order chi connectivity index (χ1) is 10.1. The first kappa shape index (κ1) is 18.0. The number of hydrogen-bond acceptors (Lipinski definition) is 4. The van der Waals surface area contributed by atoms with Gasteiger partial charge in [-0.2, -0.15) is 0 Å². The number of rotatable bonds is 4. The molecule has 8 heteroatoms. The fourth-order valence-electron chi connectivity index (χ4n) is 1.73. The molecule has 0 unspecified atom stereocenters. The van der Waals surface area contributed by atoms with Crippen LogP contribution in [0.25, 0.3) is 0 Å². The van der Waals surface area contributed by atoms with E-state index in [0.29, 0.717) is 0 Å². The standard InChI is InChI=1S/C14H13BFNO4.ClH/c16-11-6-7-12(15(19)20)13(8-11)17-14(18)21-9-10-4-2-1-3-5-10;/h1-8,19-20H,9H2,(H,17,18);1H. The van der Waals surface area contributed by atoms with E-state index in [2.05, 4.69) is 5.32 Å². The Hall–Kier alpha value is -2.09. The Morgan fingerprint density at radius 3 is 2.50 bits per heavy atom. The van der Waals surface area contributed by atoms with Crippen molar-refractivity contribution in [1.29, 1.82) is 0 Å². The maximum absolute atomic E-state index is 13.2. The minimum absolute atomic E-state index is 0. The summed E-state index contributed by atoms with van der Waals surface area (Å²) >= 11 is 0. The number of halogens is 2. The molecular formula is C14H14BClFNO4. The summed E-state index contributed by atoms with van der Waals surface area (Å²) in [6.07, 6.45) is -0.814. The molecule has 3 N–H and O–H groups in total. The average Bonchev–Trinajstić information content (AvgIpc) is 2.46. The van der Waals surface area contributed by atoms with Crippen molar-refractivity contribution in [2.24, 2.45) is 0 Å². The van der Waals surface area contributed by atoms with Crippen LogP contribution in [0.5, 0.6) is 0 Å². The zero-order chi connectivity index (χ0) is 15.2. The SMILES string of the molecule is Cl.O=C(Nc1cc(F)ccc1B(O)O)OCc1ccccc1. The minimum Gasteiger partial charge on any atom is -0.444 e. The molecule has 0 saturated carbocycles. The summed E-state index contributed by atoms with van der Waals surface area (Å²) in [6, 6.07) is 12.3. The first-order valence-corrected chi connectivity index (χ1v) is 6.19. The summed E-state index contributed by atoms with van der Waals surface area (Å²) in [5.74, 6) is -0.613. The topological polar surface area (TPSA) is 78.8 Å². The quantitative estimate of drug-likeness (QED) is 0.747. The van der Waals surface area contributed by atoms with Crippen LogP contribution in [0.2, 0.25) is 0 Å². The van der Waals surface area contributed by atoms with Crippen molar-refractivity contribution in [3.63, 3.8) is 0 Å². The van der Waals surface area contributed by atoms with Crippen molar-refractivity contribution in [2.75, 3.05) is 5.32 Å². The third-order valence-corrected chi connectivity index (χ3v) is 2.74. The fourth-order valence-corrected chi connectivity index (χ4v) is 1.73. The van der Waals surface area contributed by atoms with Crippen molar-refractivity contribution < 1.29 is 24.0 Å². The lowest BCUT2D eigenvalue weighted by atomic mass is 9.79. The number of benzene rings is 2. The van der Waals surface area contributed by atoms with Gasteiger partial charge in [0, 0.05) is 11.2 Å². The molecule has 2 rings (SSSR count). The van der Waals surface area contributed by atoms with Crippen LogP contribution in [0.4, 0.5) is 14.9 Å². The van der Waals surface area contributed by atoms with Crippen LogP contribution < -0.4 is 10.8 Å². The third kappa shape index (κ3) is 5.03. The molecular weight excluding hydrogens is 311 g/mol. The fraction of sp³-hybridized carbons (Fsp3) is 0.0714. The molecule has 0 radical (unpaired) electrons. The zero-order valence-electron chi connectivity index (χ0n) is 11.4. The van der Waals surface area contributed by atoms with E-state index in [4.69, 9.17) is 14.8 Å². The van der Waals surface area contributed by atoms with Gasteiger partial charge < -0.3 is 14.8 Å². The second-order valence-electron chi connectivity index (χ2n) is 4.29. The Morgan fingerprint density at radius 2 is 1.86 bits per heavy atom. The van der Waals surface area contributed by atoms with Gasteiger partial charge in [0.1, 0.15) is 12.4 Å². The highest BCUT2D eigenvalue weighted by Crippen LogP contribution is 2.09. The lowest BCUT2D eigenvalue weighted by Crippen LogP contribution is -2.33. The van der Waals surface area contributed by atoms with E-state index in [0.717, 1.165) is 17.7 Å². The third-order valence-electron chi connectivity index (χ3n) is 2.74. The van der Waals surface area contributed by atoms with Crippen molar-refractivity contribution in [2.45, 2.75) is 6.61 Å². The van der Waals surface area contributed by atoms with Crippen LogP contribution in [-0.4, -0.2) is 23.3 Å². The predicted octanol–water partition coefficient (Wildman–Crippen LogP) is 1.68. The number of amides is 1. The number of hydrogen-bond donors (Lipinski definition) is 3. The molecule has 2 aromatic rings. The van der Waals surface area contributed by atoms with Crippen LogP contribution >= 0.6 is 12.4 Å². The van der Waals surface area contributed by atoms with Gasteiger partial charge in [-0.05, 0) is 17.7 Å². The largest absolute Gasteiger partial charge is 0.490 e. The van der Waals surface area contributed by atoms with E-state index < -0.39 is 19.0 Å². The van der Waals surface area contributed by atoms with Crippen molar-refractivity contribution in [3.05, 3.63) is 59.9 Å². The Kier molecular flexibility index (Phi) is 6.84. The summed E-state index contributed by atoms with van der Waals surface area (Å²) in [5, 5.41) is 20.6. The van der Waals surface area contributed by atoms with Gasteiger partial charge in [-0.25, -0.2) is 9.18 Å². The first-order valence-electron chi connectivity index (χ1n) is 6.19. The molecule has 22 heavy (non-hydrogen) atoms. The Balaban J connectivity index is 0.00000242. The monoisotopic (exact) mass is 325 g/mol. The van der Waals surface area contributed by atoms with Crippen molar-refractivity contribution >= 4 is 36.8 Å². The van der Waals surface area contributed by atoms with E-state index in [1.165, 1.54) is 6.07 Å². The lowest BCUT2D eigenvalue weighted by Gasteiger charge is -2.11. The molecule has 0 fully saturated rings. The van der Waals surface area contributed by atoms with E-state index in [1.54, 1.807) is 12.1 Å². The number of carbonyl (C=O) groups excluding carboxylic acids is 1. The molecule has 0 bridgehead atoms. The maximum Gasteiger partial charge on any atom is 0.490 e.